The number of unbranched alkanes of at least 4 members (excludes halogenated alkanes) is 12. The first kappa shape index (κ1) is 24.3. The predicted octanol–water partition coefficient (Wildman–Crippen LogP) is 7.08. The number of rotatable bonds is 17. The Bertz CT molecular complexity index is 557. The van der Waals surface area contributed by atoms with Crippen LogP contribution < -0.4 is 5.14 Å². The lowest BCUT2D eigenvalue weighted by atomic mass is 10.1. The maximum atomic E-state index is 5.50. The molecule has 0 amide bonds. The molecular formula is C21H38N4S2. The average Bonchev–Trinajstić information content (AvgIpc) is 2.67. The predicted molar refractivity (Wildman–Crippen MR) is 120 cm³/mol. The lowest BCUT2D eigenvalue weighted by Gasteiger charge is -2.03. The summed E-state index contributed by atoms with van der Waals surface area (Å²) < 4.78 is 0.470. The highest BCUT2D eigenvalue weighted by molar-refractivity contribution is 7.96. The topological polar surface area (TPSA) is 67.6 Å². The van der Waals surface area contributed by atoms with Crippen molar-refractivity contribution in [2.24, 2.45) is 5.14 Å². The lowest BCUT2D eigenvalue weighted by Crippen LogP contribution is -2.01. The van der Waals surface area contributed by atoms with Crippen LogP contribution in [0.5, 0.6) is 0 Å². The van der Waals surface area contributed by atoms with Gasteiger partial charge in [-0.2, -0.15) is 4.98 Å². The molecule has 0 bridgehead atoms. The van der Waals surface area contributed by atoms with Crippen LogP contribution in [0.25, 0.3) is 0 Å². The largest absolute Gasteiger partial charge is 0.319 e. The second-order valence-electron chi connectivity index (χ2n) is 7.19. The molecule has 0 saturated heterocycles. The fourth-order valence-corrected chi connectivity index (χ4v) is 3.69. The normalized spacial score (nSPS) is 11.5. The minimum Gasteiger partial charge on any atom is -0.319 e. The minimum atomic E-state index is 0.470. The maximum Gasteiger partial charge on any atom is 0.207 e. The summed E-state index contributed by atoms with van der Waals surface area (Å²) in [5, 5.41) is 6.06. The Morgan fingerprint density at radius 3 is 2.00 bits per heavy atom. The Morgan fingerprint density at radius 1 is 0.852 bits per heavy atom. The standard InChI is InChI=1S/C21H38N4S2/c1-2-3-4-5-6-7-8-9-10-11-12-13-14-15-16-17-18-19-23-20(26)25-21(24-19)27-22/h9-10H,2-8,11-18,22H2,1H3,(H,23,24,25,26)/b10-9-. The van der Waals surface area contributed by atoms with Gasteiger partial charge in [0.25, 0.3) is 0 Å². The zero-order valence-electron chi connectivity index (χ0n) is 17.0. The van der Waals surface area contributed by atoms with Gasteiger partial charge in [0.2, 0.25) is 9.93 Å². The number of aromatic nitrogens is 3. The number of nitrogens with zero attached hydrogens (tertiary/aromatic N) is 2. The molecular weight excluding hydrogens is 372 g/mol. The van der Waals surface area contributed by atoms with E-state index in [-0.39, 0.29) is 0 Å². The third kappa shape index (κ3) is 14.0. The molecule has 0 aliphatic rings. The van der Waals surface area contributed by atoms with E-state index in [1.165, 1.54) is 83.5 Å². The second kappa shape index (κ2) is 17.4. The first-order chi connectivity index (χ1) is 13.3. The lowest BCUT2D eigenvalue weighted by molar-refractivity contribution is 0.587. The minimum absolute atomic E-state index is 0.470. The second-order valence-corrected chi connectivity index (χ2v) is 8.18. The molecule has 3 N–H and O–H groups in total. The summed E-state index contributed by atoms with van der Waals surface area (Å²) in [6.07, 6.45) is 24.2. The van der Waals surface area contributed by atoms with Gasteiger partial charge >= 0.3 is 0 Å². The summed E-state index contributed by atoms with van der Waals surface area (Å²) >= 11 is 6.14. The van der Waals surface area contributed by atoms with Crippen molar-refractivity contribution in [1.82, 2.24) is 15.0 Å². The number of aromatic amines is 1. The van der Waals surface area contributed by atoms with Crippen LogP contribution in [0.1, 0.15) is 103 Å². The monoisotopic (exact) mass is 410 g/mol. The number of nitrogens with two attached hydrogens (primary N) is 1. The Morgan fingerprint density at radius 2 is 1.41 bits per heavy atom. The van der Waals surface area contributed by atoms with Crippen LogP contribution in [0.15, 0.2) is 17.3 Å². The van der Waals surface area contributed by atoms with Crippen molar-refractivity contribution in [3.8, 4) is 0 Å². The van der Waals surface area contributed by atoms with E-state index < -0.39 is 0 Å². The molecule has 0 aliphatic carbocycles. The Hall–Kier alpha value is -0.720. The molecule has 27 heavy (non-hydrogen) atoms. The van der Waals surface area contributed by atoms with Crippen molar-refractivity contribution in [2.45, 2.75) is 108 Å². The van der Waals surface area contributed by atoms with Gasteiger partial charge in [0.05, 0.1) is 0 Å². The molecule has 0 spiro atoms. The fourth-order valence-electron chi connectivity index (χ4n) is 3.12. The quantitative estimate of drug-likeness (QED) is 0.124. The molecule has 4 nitrogen and oxygen atoms in total. The van der Waals surface area contributed by atoms with Crippen LogP contribution in [0.4, 0.5) is 0 Å². The van der Waals surface area contributed by atoms with E-state index in [0.29, 0.717) is 9.93 Å². The van der Waals surface area contributed by atoms with E-state index in [1.54, 1.807) is 0 Å². The van der Waals surface area contributed by atoms with Crippen LogP contribution in [0, 0.1) is 4.77 Å². The van der Waals surface area contributed by atoms with Gasteiger partial charge in [-0.1, -0.05) is 76.9 Å². The molecule has 1 aromatic heterocycles. The van der Waals surface area contributed by atoms with Crippen molar-refractivity contribution in [2.75, 3.05) is 0 Å². The number of hydrogen-bond donors (Lipinski definition) is 2. The summed E-state index contributed by atoms with van der Waals surface area (Å²) in [6.45, 7) is 2.27. The molecule has 1 aromatic rings. The number of aryl methyl sites for hydroxylation is 1. The number of H-pyrrole nitrogens is 1. The summed E-state index contributed by atoms with van der Waals surface area (Å²) in [6, 6.07) is 0. The van der Waals surface area contributed by atoms with Crippen LogP contribution in [0.2, 0.25) is 0 Å². The number of hydrogen-bond acceptors (Lipinski definition) is 5. The molecule has 154 valence electrons. The Balaban J connectivity index is 1.90. The molecule has 0 aromatic carbocycles. The Labute approximate surface area is 175 Å². The van der Waals surface area contributed by atoms with Gasteiger partial charge in [-0.05, 0) is 56.3 Å². The number of nitrogens with one attached hydrogen (secondary N) is 1. The summed E-state index contributed by atoms with van der Waals surface area (Å²) in [5.74, 6) is 0.901. The summed E-state index contributed by atoms with van der Waals surface area (Å²) in [7, 11) is 0. The number of allylic oxidation sites excluding steroid dienone is 2. The van der Waals surface area contributed by atoms with Gasteiger partial charge < -0.3 is 4.98 Å². The van der Waals surface area contributed by atoms with E-state index in [9.17, 15) is 0 Å². The molecule has 1 rings (SSSR count). The molecule has 6 heteroatoms. The van der Waals surface area contributed by atoms with Crippen molar-refractivity contribution in [3.05, 3.63) is 22.7 Å². The van der Waals surface area contributed by atoms with E-state index >= 15 is 0 Å². The highest BCUT2D eigenvalue weighted by Crippen LogP contribution is 2.11. The highest BCUT2D eigenvalue weighted by Gasteiger charge is 2.01. The van der Waals surface area contributed by atoms with Gasteiger partial charge in [-0.3, -0.25) is 5.14 Å². The van der Waals surface area contributed by atoms with E-state index in [0.717, 1.165) is 30.6 Å². The van der Waals surface area contributed by atoms with E-state index in [4.69, 9.17) is 17.4 Å². The van der Waals surface area contributed by atoms with Crippen molar-refractivity contribution < 1.29 is 0 Å². The Kier molecular flexibility index (Phi) is 15.7. The molecule has 0 atom stereocenters. The molecule has 1 heterocycles. The highest BCUT2D eigenvalue weighted by atomic mass is 32.2. The van der Waals surface area contributed by atoms with Crippen LogP contribution in [-0.2, 0) is 6.42 Å². The van der Waals surface area contributed by atoms with Gasteiger partial charge in [0, 0.05) is 6.42 Å². The summed E-state index contributed by atoms with van der Waals surface area (Å²) in [5.41, 5.74) is 0. The van der Waals surface area contributed by atoms with E-state index in [1.807, 2.05) is 0 Å². The van der Waals surface area contributed by atoms with Crippen molar-refractivity contribution in [3.63, 3.8) is 0 Å². The van der Waals surface area contributed by atoms with Crippen LogP contribution in [-0.4, -0.2) is 15.0 Å². The first-order valence-corrected chi connectivity index (χ1v) is 12.0. The van der Waals surface area contributed by atoms with Gasteiger partial charge in [-0.15, -0.1) is 0 Å². The molecule has 0 fully saturated rings. The fraction of sp³-hybridized carbons (Fsp3) is 0.762. The van der Waals surface area contributed by atoms with Crippen molar-refractivity contribution >= 4 is 24.2 Å². The maximum absolute atomic E-state index is 5.50. The molecule has 0 saturated carbocycles. The van der Waals surface area contributed by atoms with Crippen molar-refractivity contribution in [1.29, 1.82) is 0 Å². The van der Waals surface area contributed by atoms with Gasteiger partial charge in [0.1, 0.15) is 5.82 Å². The zero-order chi connectivity index (χ0) is 19.6. The van der Waals surface area contributed by atoms with Gasteiger partial charge in [-0.25, -0.2) is 4.98 Å². The van der Waals surface area contributed by atoms with E-state index in [2.05, 4.69) is 34.0 Å². The third-order valence-corrected chi connectivity index (χ3v) is 5.30. The third-order valence-electron chi connectivity index (χ3n) is 4.71. The average molecular weight is 411 g/mol. The SMILES string of the molecule is CCCCCCCC/C=C\CCCCCCCCc1nc(SN)nc(=S)[nH]1. The van der Waals surface area contributed by atoms with Crippen LogP contribution >= 0.6 is 24.2 Å². The zero-order valence-corrected chi connectivity index (χ0v) is 18.7. The van der Waals surface area contributed by atoms with Crippen LogP contribution in [0.3, 0.4) is 0 Å². The summed E-state index contributed by atoms with van der Waals surface area (Å²) in [4.78, 5) is 11.5. The smallest absolute Gasteiger partial charge is 0.207 e. The first-order valence-electron chi connectivity index (χ1n) is 10.7. The molecule has 0 radical (unpaired) electrons. The molecule has 0 aliphatic heterocycles. The molecule has 0 unspecified atom stereocenters. The van der Waals surface area contributed by atoms with Gasteiger partial charge in [0.15, 0.2) is 0 Å².